The lowest BCUT2D eigenvalue weighted by Crippen LogP contribution is -2.00. The predicted octanol–water partition coefficient (Wildman–Crippen LogP) is 9.82. The van der Waals surface area contributed by atoms with Gasteiger partial charge in [-0.25, -0.2) is 15.0 Å². The molecule has 8 aromatic rings. The van der Waals surface area contributed by atoms with Crippen LogP contribution in [0.1, 0.15) is 0 Å². The average Bonchev–Trinajstić information content (AvgIpc) is 3.15. The van der Waals surface area contributed by atoms with E-state index in [-0.39, 0.29) is 0 Å². The van der Waals surface area contributed by atoms with Crippen molar-refractivity contribution in [1.82, 2.24) is 24.9 Å². The standard InChI is InChI=1S/C41H27N5/c1-2-7-28(8-3-1)29-13-15-31(16-14-29)36-18-17-34(27-38(36)37-12-6-10-30-9-4-5-11-35(30)37)41-45-39(32-19-23-42-24-20-32)44-40(46-41)33-21-25-43-26-22-33/h1-27H. The molecule has 216 valence electrons. The molecule has 0 spiro atoms. The number of pyridine rings is 2. The zero-order valence-electron chi connectivity index (χ0n) is 24.8. The van der Waals surface area contributed by atoms with Gasteiger partial charge in [0.2, 0.25) is 0 Å². The van der Waals surface area contributed by atoms with Crippen molar-refractivity contribution in [1.29, 1.82) is 0 Å². The van der Waals surface area contributed by atoms with Crippen molar-refractivity contribution < 1.29 is 0 Å². The Morgan fingerprint density at radius 2 is 0.826 bits per heavy atom. The van der Waals surface area contributed by atoms with Crippen molar-refractivity contribution in [2.24, 2.45) is 0 Å². The van der Waals surface area contributed by atoms with E-state index in [0.717, 1.165) is 38.9 Å². The molecule has 0 radical (unpaired) electrons. The zero-order valence-corrected chi connectivity index (χ0v) is 24.8. The van der Waals surface area contributed by atoms with Crippen LogP contribution in [0, 0.1) is 0 Å². The number of benzene rings is 5. The Kier molecular flexibility index (Phi) is 7.09. The lowest BCUT2D eigenvalue weighted by molar-refractivity contribution is 1.07. The highest BCUT2D eigenvalue weighted by Crippen LogP contribution is 2.39. The van der Waals surface area contributed by atoms with Gasteiger partial charge in [0.15, 0.2) is 17.5 Å². The molecule has 3 heterocycles. The summed E-state index contributed by atoms with van der Waals surface area (Å²) in [4.78, 5) is 23.2. The molecule has 8 rings (SSSR count). The lowest BCUT2D eigenvalue weighted by Gasteiger charge is -2.16. The van der Waals surface area contributed by atoms with Gasteiger partial charge < -0.3 is 0 Å². The zero-order chi connectivity index (χ0) is 30.7. The Hall–Kier alpha value is -6.33. The fourth-order valence-electron chi connectivity index (χ4n) is 5.86. The molecule has 0 saturated heterocycles. The quantitative estimate of drug-likeness (QED) is 0.193. The number of rotatable bonds is 6. The molecule has 0 amide bonds. The van der Waals surface area contributed by atoms with Crippen LogP contribution < -0.4 is 0 Å². The van der Waals surface area contributed by atoms with E-state index in [2.05, 4.69) is 119 Å². The molecule has 0 aliphatic carbocycles. The average molecular weight is 590 g/mol. The maximum absolute atomic E-state index is 4.98. The van der Waals surface area contributed by atoms with Crippen LogP contribution in [0.5, 0.6) is 0 Å². The number of hydrogen-bond donors (Lipinski definition) is 0. The first-order chi connectivity index (χ1) is 22.8. The van der Waals surface area contributed by atoms with Crippen molar-refractivity contribution in [2.45, 2.75) is 0 Å². The van der Waals surface area contributed by atoms with Crippen LogP contribution in [-0.2, 0) is 0 Å². The van der Waals surface area contributed by atoms with Crippen LogP contribution in [0.25, 0.3) is 78.3 Å². The van der Waals surface area contributed by atoms with E-state index < -0.39 is 0 Å². The summed E-state index contributed by atoms with van der Waals surface area (Å²) < 4.78 is 0. The second-order valence-corrected chi connectivity index (χ2v) is 11.0. The third kappa shape index (κ3) is 5.31. The summed E-state index contributed by atoms with van der Waals surface area (Å²) in [5.41, 5.74) is 9.57. The molecule has 5 nitrogen and oxygen atoms in total. The molecule has 0 N–H and O–H groups in total. The first-order valence-electron chi connectivity index (χ1n) is 15.2. The highest BCUT2D eigenvalue weighted by Gasteiger charge is 2.17. The van der Waals surface area contributed by atoms with Gasteiger partial charge in [-0.05, 0) is 74.5 Å². The van der Waals surface area contributed by atoms with Crippen molar-refractivity contribution in [3.05, 3.63) is 164 Å². The van der Waals surface area contributed by atoms with Crippen molar-refractivity contribution in [3.63, 3.8) is 0 Å². The number of aromatic nitrogens is 5. The van der Waals surface area contributed by atoms with Gasteiger partial charge in [0, 0.05) is 41.5 Å². The highest BCUT2D eigenvalue weighted by atomic mass is 15.0. The fourth-order valence-corrected chi connectivity index (χ4v) is 5.86. The molecule has 3 aromatic heterocycles. The minimum atomic E-state index is 0.589. The van der Waals surface area contributed by atoms with Crippen LogP contribution in [0.2, 0.25) is 0 Å². The normalized spacial score (nSPS) is 11.0. The highest BCUT2D eigenvalue weighted by molar-refractivity contribution is 6.01. The van der Waals surface area contributed by atoms with Gasteiger partial charge in [-0.15, -0.1) is 0 Å². The van der Waals surface area contributed by atoms with Crippen LogP contribution in [0.3, 0.4) is 0 Å². The van der Waals surface area contributed by atoms with Gasteiger partial charge in [0.1, 0.15) is 0 Å². The van der Waals surface area contributed by atoms with E-state index in [1.165, 1.54) is 21.9 Å². The molecule has 5 heteroatoms. The Morgan fingerprint density at radius 1 is 0.304 bits per heavy atom. The molecule has 5 aromatic carbocycles. The molecule has 0 aliphatic rings. The molecule has 0 fully saturated rings. The largest absolute Gasteiger partial charge is 0.265 e. The number of nitrogens with zero attached hydrogens (tertiary/aromatic N) is 5. The summed E-state index contributed by atoms with van der Waals surface area (Å²) in [6, 6.07) is 48.4. The molecule has 46 heavy (non-hydrogen) atoms. The first kappa shape index (κ1) is 27.2. The molecular weight excluding hydrogens is 562 g/mol. The van der Waals surface area contributed by atoms with E-state index in [4.69, 9.17) is 15.0 Å². The van der Waals surface area contributed by atoms with Crippen molar-refractivity contribution in [3.8, 4) is 67.5 Å². The Bertz CT molecular complexity index is 2220. The van der Waals surface area contributed by atoms with E-state index in [0.29, 0.717) is 17.5 Å². The first-order valence-corrected chi connectivity index (χ1v) is 15.2. The van der Waals surface area contributed by atoms with Gasteiger partial charge >= 0.3 is 0 Å². The molecule has 0 saturated carbocycles. The molecule has 0 atom stereocenters. The summed E-state index contributed by atoms with van der Waals surface area (Å²) >= 11 is 0. The molecular formula is C41H27N5. The van der Waals surface area contributed by atoms with Crippen molar-refractivity contribution >= 4 is 10.8 Å². The molecule has 0 bridgehead atoms. The fraction of sp³-hybridized carbons (Fsp3) is 0. The number of fused-ring (bicyclic) bond motifs is 1. The third-order valence-corrected chi connectivity index (χ3v) is 8.17. The van der Waals surface area contributed by atoms with Crippen LogP contribution >= 0.6 is 0 Å². The van der Waals surface area contributed by atoms with E-state index in [1.54, 1.807) is 24.8 Å². The van der Waals surface area contributed by atoms with Crippen LogP contribution in [-0.4, -0.2) is 24.9 Å². The number of hydrogen-bond acceptors (Lipinski definition) is 5. The van der Waals surface area contributed by atoms with Gasteiger partial charge in [-0.3, -0.25) is 9.97 Å². The topological polar surface area (TPSA) is 64.5 Å². The van der Waals surface area contributed by atoms with Gasteiger partial charge in [-0.2, -0.15) is 0 Å². The summed E-state index contributed by atoms with van der Waals surface area (Å²) in [5.74, 6) is 1.78. The van der Waals surface area contributed by atoms with Gasteiger partial charge in [0.05, 0.1) is 0 Å². The Balaban J connectivity index is 1.32. The minimum absolute atomic E-state index is 0.589. The second-order valence-electron chi connectivity index (χ2n) is 11.0. The maximum Gasteiger partial charge on any atom is 0.164 e. The summed E-state index contributed by atoms with van der Waals surface area (Å²) in [5, 5.41) is 2.38. The third-order valence-electron chi connectivity index (χ3n) is 8.17. The summed E-state index contributed by atoms with van der Waals surface area (Å²) in [6.07, 6.45) is 7.01. The molecule has 0 aliphatic heterocycles. The Morgan fingerprint density at radius 3 is 1.50 bits per heavy atom. The van der Waals surface area contributed by atoms with Gasteiger partial charge in [0.25, 0.3) is 0 Å². The van der Waals surface area contributed by atoms with E-state index in [9.17, 15) is 0 Å². The van der Waals surface area contributed by atoms with E-state index >= 15 is 0 Å². The minimum Gasteiger partial charge on any atom is -0.265 e. The Labute approximate surface area is 267 Å². The second kappa shape index (κ2) is 12.0. The lowest BCUT2D eigenvalue weighted by atomic mass is 9.89. The van der Waals surface area contributed by atoms with Crippen LogP contribution in [0.15, 0.2) is 164 Å². The van der Waals surface area contributed by atoms with Crippen molar-refractivity contribution in [2.75, 3.05) is 0 Å². The molecule has 0 unspecified atom stereocenters. The van der Waals surface area contributed by atoms with Gasteiger partial charge in [-0.1, -0.05) is 109 Å². The maximum atomic E-state index is 4.98. The van der Waals surface area contributed by atoms with E-state index in [1.807, 2.05) is 30.3 Å². The summed E-state index contributed by atoms with van der Waals surface area (Å²) in [7, 11) is 0. The smallest absolute Gasteiger partial charge is 0.164 e. The summed E-state index contributed by atoms with van der Waals surface area (Å²) in [6.45, 7) is 0. The monoisotopic (exact) mass is 589 g/mol. The predicted molar refractivity (Wildman–Crippen MR) is 186 cm³/mol. The van der Waals surface area contributed by atoms with Crippen LogP contribution in [0.4, 0.5) is 0 Å². The SMILES string of the molecule is c1ccc(-c2ccc(-c3ccc(-c4nc(-c5ccncc5)nc(-c5ccncc5)n4)cc3-c3cccc4ccccc34)cc2)cc1.